The zero-order valence-electron chi connectivity index (χ0n) is 11.2. The molecule has 2 aromatic rings. The molecular weight excluding hydrogens is 266 g/mol. The first kappa shape index (κ1) is 12.0. The molecule has 0 unspecified atom stereocenters. The van der Waals surface area contributed by atoms with Crippen LogP contribution in [0, 0.1) is 0 Å². The summed E-state index contributed by atoms with van der Waals surface area (Å²) in [5.74, 6) is 1.17. The summed E-state index contributed by atoms with van der Waals surface area (Å²) in [6.07, 6.45) is 0. The fraction of sp³-hybridized carbons (Fsp3) is 0.235. The zero-order chi connectivity index (χ0) is 13.7. The number of likely N-dealkylation sites (N-methyl/N-ethyl adjacent to an activating group) is 1. The predicted octanol–water partition coefficient (Wildman–Crippen LogP) is 3.73. The third kappa shape index (κ3) is 1.56. The van der Waals surface area contributed by atoms with Gasteiger partial charge in [0.05, 0.1) is 5.92 Å². The minimum atomic E-state index is -0.0372. The highest BCUT2D eigenvalue weighted by atomic mass is 32.2. The van der Waals surface area contributed by atoms with Crippen molar-refractivity contribution < 1.29 is 4.79 Å². The summed E-state index contributed by atoms with van der Waals surface area (Å²) in [5.41, 5.74) is 4.87. The number of amides is 1. The molecule has 20 heavy (non-hydrogen) atoms. The van der Waals surface area contributed by atoms with Gasteiger partial charge in [0.25, 0.3) is 0 Å². The Hall–Kier alpha value is -1.74. The van der Waals surface area contributed by atoms with Crippen molar-refractivity contribution in [2.45, 2.75) is 16.9 Å². The van der Waals surface area contributed by atoms with Crippen LogP contribution < -0.4 is 4.90 Å². The molecule has 2 nitrogen and oxygen atoms in total. The fourth-order valence-electron chi connectivity index (χ4n) is 3.30. The Labute approximate surface area is 122 Å². The number of hydrogen-bond acceptors (Lipinski definition) is 2. The number of thioether (sulfide) groups is 1. The molecule has 0 saturated carbocycles. The summed E-state index contributed by atoms with van der Waals surface area (Å²) in [6, 6.07) is 16.6. The van der Waals surface area contributed by atoms with E-state index in [2.05, 4.69) is 30.3 Å². The van der Waals surface area contributed by atoms with Gasteiger partial charge in [0.1, 0.15) is 0 Å². The van der Waals surface area contributed by atoms with Gasteiger partial charge in [-0.1, -0.05) is 42.5 Å². The van der Waals surface area contributed by atoms with Gasteiger partial charge in [0.15, 0.2) is 0 Å². The molecule has 0 aromatic heterocycles. The Kier molecular flexibility index (Phi) is 2.64. The summed E-state index contributed by atoms with van der Waals surface area (Å²) in [4.78, 5) is 14.6. The van der Waals surface area contributed by atoms with E-state index in [1.54, 1.807) is 0 Å². The standard InChI is InChI=1S/C17H15NOS/c1-18-14-9-5-4-8-13(14)16-15(17(18)19)12-7-3-2-6-11(12)10-20-16/h2-9,15-16H,10H2,1H3/t15-,16-/m0/s1. The Balaban J connectivity index is 1.92. The van der Waals surface area contributed by atoms with Crippen LogP contribution in [-0.4, -0.2) is 13.0 Å². The van der Waals surface area contributed by atoms with Crippen molar-refractivity contribution in [1.82, 2.24) is 0 Å². The van der Waals surface area contributed by atoms with Crippen LogP contribution in [-0.2, 0) is 10.5 Å². The first-order valence-corrected chi connectivity index (χ1v) is 7.88. The number of benzene rings is 2. The Morgan fingerprint density at radius 1 is 1.05 bits per heavy atom. The number of carbonyl (C=O) groups is 1. The quantitative estimate of drug-likeness (QED) is 0.733. The third-order valence-corrected chi connectivity index (χ3v) is 5.68. The van der Waals surface area contributed by atoms with Gasteiger partial charge in [-0.15, -0.1) is 11.8 Å². The minimum absolute atomic E-state index is 0.0372. The van der Waals surface area contributed by atoms with Gasteiger partial charge in [-0.25, -0.2) is 0 Å². The highest BCUT2D eigenvalue weighted by Crippen LogP contribution is 2.54. The van der Waals surface area contributed by atoms with Crippen molar-refractivity contribution in [3.63, 3.8) is 0 Å². The first-order valence-electron chi connectivity index (χ1n) is 6.83. The molecule has 0 radical (unpaired) electrons. The summed E-state index contributed by atoms with van der Waals surface area (Å²) < 4.78 is 0. The van der Waals surface area contributed by atoms with Crippen molar-refractivity contribution in [1.29, 1.82) is 0 Å². The van der Waals surface area contributed by atoms with E-state index in [1.807, 2.05) is 41.9 Å². The van der Waals surface area contributed by atoms with Gasteiger partial charge in [0, 0.05) is 23.7 Å². The molecule has 2 heterocycles. The lowest BCUT2D eigenvalue weighted by Gasteiger charge is -2.40. The van der Waals surface area contributed by atoms with E-state index >= 15 is 0 Å². The van der Waals surface area contributed by atoms with Crippen molar-refractivity contribution in [3.8, 4) is 0 Å². The molecule has 4 rings (SSSR count). The number of rotatable bonds is 0. The van der Waals surface area contributed by atoms with E-state index in [4.69, 9.17) is 0 Å². The van der Waals surface area contributed by atoms with E-state index in [9.17, 15) is 4.79 Å². The average molecular weight is 281 g/mol. The highest BCUT2D eigenvalue weighted by molar-refractivity contribution is 7.98. The van der Waals surface area contributed by atoms with Gasteiger partial charge >= 0.3 is 0 Å². The number of anilines is 1. The highest BCUT2D eigenvalue weighted by Gasteiger charge is 2.42. The number of carbonyl (C=O) groups excluding carboxylic acids is 1. The summed E-state index contributed by atoms with van der Waals surface area (Å²) >= 11 is 1.89. The third-order valence-electron chi connectivity index (χ3n) is 4.31. The molecule has 0 aliphatic carbocycles. The monoisotopic (exact) mass is 281 g/mol. The summed E-state index contributed by atoms with van der Waals surface area (Å²) in [7, 11) is 1.89. The largest absolute Gasteiger partial charge is 0.315 e. The van der Waals surface area contributed by atoms with Crippen molar-refractivity contribution >= 4 is 23.4 Å². The molecule has 100 valence electrons. The van der Waals surface area contributed by atoms with Crippen LogP contribution in [0.15, 0.2) is 48.5 Å². The Morgan fingerprint density at radius 3 is 2.60 bits per heavy atom. The number of para-hydroxylation sites is 1. The molecular formula is C17H15NOS. The van der Waals surface area contributed by atoms with Gasteiger partial charge < -0.3 is 4.90 Å². The molecule has 2 aliphatic rings. The molecule has 0 saturated heterocycles. The number of fused-ring (bicyclic) bond motifs is 5. The Bertz CT molecular complexity index is 697. The molecule has 0 spiro atoms. The first-order chi connectivity index (χ1) is 9.77. The maximum Gasteiger partial charge on any atom is 0.235 e. The number of hydrogen-bond donors (Lipinski definition) is 0. The van der Waals surface area contributed by atoms with Crippen LogP contribution in [0.3, 0.4) is 0 Å². The van der Waals surface area contributed by atoms with E-state index in [-0.39, 0.29) is 17.1 Å². The van der Waals surface area contributed by atoms with Crippen LogP contribution in [0.1, 0.15) is 27.9 Å². The molecule has 3 heteroatoms. The zero-order valence-corrected chi connectivity index (χ0v) is 12.1. The molecule has 2 aliphatic heterocycles. The maximum atomic E-state index is 12.8. The van der Waals surface area contributed by atoms with Crippen molar-refractivity contribution in [2.24, 2.45) is 0 Å². The lowest BCUT2D eigenvalue weighted by molar-refractivity contribution is -0.120. The Morgan fingerprint density at radius 2 is 1.75 bits per heavy atom. The molecule has 2 aromatic carbocycles. The smallest absolute Gasteiger partial charge is 0.235 e. The second-order valence-electron chi connectivity index (χ2n) is 5.36. The van der Waals surface area contributed by atoms with Crippen LogP contribution in [0.4, 0.5) is 5.69 Å². The maximum absolute atomic E-state index is 12.8. The fourth-order valence-corrected chi connectivity index (χ4v) is 4.76. The minimum Gasteiger partial charge on any atom is -0.315 e. The topological polar surface area (TPSA) is 20.3 Å². The van der Waals surface area contributed by atoms with Crippen LogP contribution >= 0.6 is 11.8 Å². The molecule has 1 amide bonds. The lowest BCUT2D eigenvalue weighted by atomic mass is 9.83. The van der Waals surface area contributed by atoms with Gasteiger partial charge in [-0.2, -0.15) is 0 Å². The van der Waals surface area contributed by atoms with Crippen LogP contribution in [0.5, 0.6) is 0 Å². The predicted molar refractivity (Wildman–Crippen MR) is 83.1 cm³/mol. The molecule has 0 fully saturated rings. The van der Waals surface area contributed by atoms with Gasteiger partial charge in [0.2, 0.25) is 5.91 Å². The normalized spacial score (nSPS) is 23.9. The molecule has 0 bridgehead atoms. The second-order valence-corrected chi connectivity index (χ2v) is 6.49. The second kappa shape index (κ2) is 4.38. The van der Waals surface area contributed by atoms with Crippen molar-refractivity contribution in [2.75, 3.05) is 11.9 Å². The van der Waals surface area contributed by atoms with E-state index in [0.29, 0.717) is 0 Å². The van der Waals surface area contributed by atoms with E-state index in [0.717, 1.165) is 11.4 Å². The number of nitrogens with zero attached hydrogens (tertiary/aromatic N) is 1. The van der Waals surface area contributed by atoms with Crippen LogP contribution in [0.25, 0.3) is 0 Å². The van der Waals surface area contributed by atoms with Gasteiger partial charge in [-0.05, 0) is 22.8 Å². The average Bonchev–Trinajstić information content (AvgIpc) is 2.51. The van der Waals surface area contributed by atoms with Crippen molar-refractivity contribution in [3.05, 3.63) is 65.2 Å². The molecule has 2 atom stereocenters. The summed E-state index contributed by atoms with van der Waals surface area (Å²) in [6.45, 7) is 0. The van der Waals surface area contributed by atoms with E-state index in [1.165, 1.54) is 16.7 Å². The van der Waals surface area contributed by atoms with E-state index < -0.39 is 0 Å². The van der Waals surface area contributed by atoms with Crippen LogP contribution in [0.2, 0.25) is 0 Å². The van der Waals surface area contributed by atoms with Gasteiger partial charge in [-0.3, -0.25) is 4.79 Å². The molecule has 0 N–H and O–H groups in total. The SMILES string of the molecule is CN1C(=O)[C@H]2c3ccccc3CS[C@H]2c2ccccc21. The summed E-state index contributed by atoms with van der Waals surface area (Å²) in [5, 5.41) is 0.254. The lowest BCUT2D eigenvalue weighted by Crippen LogP contribution is -2.40.